The van der Waals surface area contributed by atoms with Gasteiger partial charge in [0, 0.05) is 13.2 Å². The summed E-state index contributed by atoms with van der Waals surface area (Å²) in [5.74, 6) is 0.670. The molecule has 0 radical (unpaired) electrons. The molecule has 0 aliphatic rings. The summed E-state index contributed by atoms with van der Waals surface area (Å²) < 4.78 is 6.13. The van der Waals surface area contributed by atoms with Gasteiger partial charge < -0.3 is 15.2 Å². The molecule has 1 aromatic carbocycles. The number of aliphatic hydroxyl groups is 1. The van der Waals surface area contributed by atoms with Crippen LogP contribution in [0.3, 0.4) is 0 Å². The Bertz CT molecular complexity index is 463. The summed E-state index contributed by atoms with van der Waals surface area (Å²) in [6.45, 7) is 16.2. The lowest BCUT2D eigenvalue weighted by Crippen LogP contribution is -2.32. The van der Waals surface area contributed by atoms with Crippen LogP contribution in [0.15, 0.2) is 24.3 Å². The van der Waals surface area contributed by atoms with Gasteiger partial charge in [-0.05, 0) is 55.7 Å². The van der Waals surface area contributed by atoms with E-state index in [9.17, 15) is 0 Å². The maximum absolute atomic E-state index is 9.05. The number of hydrogen-bond donors (Lipinski definition) is 2. The van der Waals surface area contributed by atoms with Crippen molar-refractivity contribution >= 4 is 0 Å². The first kappa shape index (κ1) is 21.1. The smallest absolute Gasteiger partial charge is 0.0681 e. The molecule has 0 saturated heterocycles. The van der Waals surface area contributed by atoms with Gasteiger partial charge >= 0.3 is 0 Å². The van der Waals surface area contributed by atoms with E-state index in [2.05, 4.69) is 59.0 Å². The van der Waals surface area contributed by atoms with Crippen LogP contribution in [0.4, 0.5) is 0 Å². The zero-order valence-electron chi connectivity index (χ0n) is 16.5. The maximum atomic E-state index is 9.05. The highest BCUT2D eigenvalue weighted by atomic mass is 16.5. The van der Waals surface area contributed by atoms with Crippen LogP contribution in [-0.4, -0.2) is 23.9 Å². The van der Waals surface area contributed by atoms with Crippen LogP contribution < -0.4 is 5.32 Å². The minimum atomic E-state index is -0.0964. The third-order valence-corrected chi connectivity index (χ3v) is 5.24. The normalized spacial score (nSPS) is 12.8. The fourth-order valence-corrected chi connectivity index (χ4v) is 2.34. The van der Waals surface area contributed by atoms with Gasteiger partial charge in [-0.2, -0.15) is 0 Å². The summed E-state index contributed by atoms with van der Waals surface area (Å²) in [6.07, 6.45) is 2.09. The van der Waals surface area contributed by atoms with Crippen molar-refractivity contribution in [1.82, 2.24) is 5.32 Å². The molecule has 0 aliphatic heterocycles. The molecule has 0 bridgehead atoms. The van der Waals surface area contributed by atoms with Crippen molar-refractivity contribution in [3.63, 3.8) is 0 Å². The van der Waals surface area contributed by atoms with Crippen LogP contribution >= 0.6 is 0 Å². The van der Waals surface area contributed by atoms with E-state index in [1.807, 2.05) is 12.1 Å². The standard InChI is InChI=1S/C21H37NO2/c1-17(2)20(3,4)12-14-24-21(5,6)11-13-22-15-18-7-9-19(16-23)10-8-18/h7-10,17,22-23H,11-16H2,1-6H3. The Hall–Kier alpha value is -0.900. The second-order valence-electron chi connectivity index (χ2n) is 8.40. The van der Waals surface area contributed by atoms with Crippen molar-refractivity contribution in [2.24, 2.45) is 11.3 Å². The lowest BCUT2D eigenvalue weighted by Gasteiger charge is -2.32. The van der Waals surface area contributed by atoms with Crippen molar-refractivity contribution < 1.29 is 9.84 Å². The van der Waals surface area contributed by atoms with E-state index < -0.39 is 0 Å². The zero-order valence-corrected chi connectivity index (χ0v) is 16.5. The molecule has 0 saturated carbocycles. The highest BCUT2D eigenvalue weighted by Crippen LogP contribution is 2.30. The van der Waals surface area contributed by atoms with E-state index in [1.165, 1.54) is 5.56 Å². The monoisotopic (exact) mass is 335 g/mol. The maximum Gasteiger partial charge on any atom is 0.0681 e. The summed E-state index contributed by atoms with van der Waals surface area (Å²) in [4.78, 5) is 0. The molecule has 3 heteroatoms. The van der Waals surface area contributed by atoms with Crippen molar-refractivity contribution in [3.8, 4) is 0 Å². The Kier molecular flexibility index (Phi) is 8.41. The fraction of sp³-hybridized carbons (Fsp3) is 0.714. The van der Waals surface area contributed by atoms with Crippen molar-refractivity contribution in [1.29, 1.82) is 0 Å². The Morgan fingerprint density at radius 1 is 1.00 bits per heavy atom. The summed E-state index contributed by atoms with van der Waals surface area (Å²) >= 11 is 0. The van der Waals surface area contributed by atoms with E-state index in [1.54, 1.807) is 0 Å². The molecule has 0 aromatic heterocycles. The van der Waals surface area contributed by atoms with Crippen LogP contribution in [0.25, 0.3) is 0 Å². The SMILES string of the molecule is CC(C)C(C)(C)CCOC(C)(C)CCNCc1ccc(CO)cc1. The number of hydrogen-bond acceptors (Lipinski definition) is 3. The van der Waals surface area contributed by atoms with Gasteiger partial charge in [-0.15, -0.1) is 0 Å². The lowest BCUT2D eigenvalue weighted by atomic mass is 9.78. The molecule has 2 N–H and O–H groups in total. The Morgan fingerprint density at radius 3 is 2.12 bits per heavy atom. The van der Waals surface area contributed by atoms with Gasteiger partial charge in [0.05, 0.1) is 12.2 Å². The Labute approximate surface area is 148 Å². The molecular formula is C21H37NO2. The fourth-order valence-electron chi connectivity index (χ4n) is 2.34. The number of ether oxygens (including phenoxy) is 1. The third-order valence-electron chi connectivity index (χ3n) is 5.24. The van der Waals surface area contributed by atoms with E-state index in [4.69, 9.17) is 9.84 Å². The van der Waals surface area contributed by atoms with Crippen LogP contribution in [0.5, 0.6) is 0 Å². The van der Waals surface area contributed by atoms with Gasteiger partial charge in [-0.25, -0.2) is 0 Å². The molecule has 24 heavy (non-hydrogen) atoms. The minimum absolute atomic E-state index is 0.0964. The van der Waals surface area contributed by atoms with Gasteiger partial charge in [0.15, 0.2) is 0 Å². The largest absolute Gasteiger partial charge is 0.392 e. The molecule has 0 heterocycles. The van der Waals surface area contributed by atoms with Crippen molar-refractivity contribution in [3.05, 3.63) is 35.4 Å². The molecule has 3 nitrogen and oxygen atoms in total. The molecule has 0 spiro atoms. The minimum Gasteiger partial charge on any atom is -0.392 e. The predicted octanol–water partition coefficient (Wildman–Crippen LogP) is 4.53. The number of nitrogens with one attached hydrogen (secondary N) is 1. The average Bonchev–Trinajstić information content (AvgIpc) is 2.51. The van der Waals surface area contributed by atoms with E-state index in [-0.39, 0.29) is 12.2 Å². The van der Waals surface area contributed by atoms with Crippen LogP contribution in [0.1, 0.15) is 65.5 Å². The molecule has 1 rings (SSSR count). The predicted molar refractivity (Wildman–Crippen MR) is 102 cm³/mol. The average molecular weight is 336 g/mol. The second kappa shape index (κ2) is 9.55. The Balaban J connectivity index is 2.24. The molecule has 0 aliphatic carbocycles. The van der Waals surface area contributed by atoms with Gasteiger partial charge in [0.1, 0.15) is 0 Å². The molecule has 0 atom stereocenters. The highest BCUT2D eigenvalue weighted by molar-refractivity contribution is 5.21. The molecule has 0 amide bonds. The molecular weight excluding hydrogens is 298 g/mol. The molecule has 0 fully saturated rings. The molecule has 138 valence electrons. The quantitative estimate of drug-likeness (QED) is 0.584. The van der Waals surface area contributed by atoms with Crippen molar-refractivity contribution in [2.45, 2.75) is 73.1 Å². The van der Waals surface area contributed by atoms with E-state index in [0.717, 1.165) is 38.1 Å². The lowest BCUT2D eigenvalue weighted by molar-refractivity contribution is -0.0375. The summed E-state index contributed by atoms with van der Waals surface area (Å²) in [5, 5.41) is 12.5. The molecule has 0 unspecified atom stereocenters. The number of rotatable bonds is 11. The van der Waals surface area contributed by atoms with Gasteiger partial charge in [0.2, 0.25) is 0 Å². The zero-order chi connectivity index (χ0) is 18.2. The highest BCUT2D eigenvalue weighted by Gasteiger charge is 2.24. The Morgan fingerprint density at radius 2 is 1.58 bits per heavy atom. The van der Waals surface area contributed by atoms with E-state index >= 15 is 0 Å². The van der Waals surface area contributed by atoms with Crippen LogP contribution in [-0.2, 0) is 17.9 Å². The first-order valence-electron chi connectivity index (χ1n) is 9.20. The van der Waals surface area contributed by atoms with Crippen molar-refractivity contribution in [2.75, 3.05) is 13.2 Å². The van der Waals surface area contributed by atoms with Gasteiger partial charge in [0.25, 0.3) is 0 Å². The summed E-state index contributed by atoms with van der Waals surface area (Å²) in [5.41, 5.74) is 2.43. The first-order chi connectivity index (χ1) is 11.2. The number of aliphatic hydroxyl groups excluding tert-OH is 1. The number of benzene rings is 1. The van der Waals surface area contributed by atoms with Crippen LogP contribution in [0.2, 0.25) is 0 Å². The second-order valence-corrected chi connectivity index (χ2v) is 8.40. The van der Waals surface area contributed by atoms with Gasteiger partial charge in [-0.3, -0.25) is 0 Å². The van der Waals surface area contributed by atoms with Gasteiger partial charge in [-0.1, -0.05) is 52.0 Å². The van der Waals surface area contributed by atoms with E-state index in [0.29, 0.717) is 11.3 Å². The summed E-state index contributed by atoms with van der Waals surface area (Å²) in [6, 6.07) is 8.07. The first-order valence-corrected chi connectivity index (χ1v) is 9.20. The third kappa shape index (κ3) is 7.78. The van der Waals surface area contributed by atoms with Crippen LogP contribution in [0, 0.1) is 11.3 Å². The topological polar surface area (TPSA) is 41.5 Å². The molecule has 1 aromatic rings. The summed E-state index contributed by atoms with van der Waals surface area (Å²) in [7, 11) is 0.